The van der Waals surface area contributed by atoms with E-state index in [1.165, 1.54) is 14.2 Å². The quantitative estimate of drug-likeness (QED) is 0.425. The van der Waals surface area contributed by atoms with E-state index >= 15 is 0 Å². The highest BCUT2D eigenvalue weighted by molar-refractivity contribution is 5.96. The minimum Gasteiger partial charge on any atom is -0.493 e. The molecule has 0 radical (unpaired) electrons. The maximum absolute atomic E-state index is 13.9. The molecule has 0 atom stereocenters. The van der Waals surface area contributed by atoms with Gasteiger partial charge in [0.2, 0.25) is 5.91 Å². The minimum absolute atomic E-state index is 0.127. The first-order valence-electron chi connectivity index (χ1n) is 11.8. The summed E-state index contributed by atoms with van der Waals surface area (Å²) in [6.07, 6.45) is -4.61. The van der Waals surface area contributed by atoms with Gasteiger partial charge in [0.15, 0.2) is 11.5 Å². The molecule has 1 heterocycles. The molecule has 200 valence electrons. The molecule has 2 amide bonds. The van der Waals surface area contributed by atoms with Crippen LogP contribution in [-0.4, -0.2) is 37.5 Å². The van der Waals surface area contributed by atoms with Gasteiger partial charge in [0.25, 0.3) is 5.91 Å². The molecule has 0 bridgehead atoms. The highest BCUT2D eigenvalue weighted by Gasteiger charge is 2.34. The molecule has 1 aliphatic rings. The Bertz CT molecular complexity index is 1390. The number of aryl methyl sites for hydroxylation is 1. The summed E-state index contributed by atoms with van der Waals surface area (Å²) in [6.45, 7) is 2.57. The Kier molecular flexibility index (Phi) is 7.61. The lowest BCUT2D eigenvalue weighted by Crippen LogP contribution is -2.36. The summed E-state index contributed by atoms with van der Waals surface area (Å²) in [7, 11) is 3.01. The van der Waals surface area contributed by atoms with Crippen LogP contribution in [0.1, 0.15) is 38.2 Å². The fourth-order valence-corrected chi connectivity index (χ4v) is 4.54. The van der Waals surface area contributed by atoms with Crippen molar-refractivity contribution in [3.05, 3.63) is 87.7 Å². The van der Waals surface area contributed by atoms with Crippen molar-refractivity contribution in [1.82, 2.24) is 4.90 Å². The summed E-state index contributed by atoms with van der Waals surface area (Å²) in [6, 6.07) is 11.2. The first-order chi connectivity index (χ1) is 18.0. The predicted octanol–water partition coefficient (Wildman–Crippen LogP) is 5.55. The number of alkyl halides is 3. The zero-order chi connectivity index (χ0) is 27.6. The summed E-state index contributed by atoms with van der Waals surface area (Å²) >= 11 is 0. The van der Waals surface area contributed by atoms with Crippen LogP contribution >= 0.6 is 0 Å². The van der Waals surface area contributed by atoms with Crippen LogP contribution in [0.4, 0.5) is 23.2 Å². The zero-order valence-corrected chi connectivity index (χ0v) is 21.0. The average molecular weight is 531 g/mol. The van der Waals surface area contributed by atoms with Crippen molar-refractivity contribution in [2.75, 3.05) is 26.1 Å². The summed E-state index contributed by atoms with van der Waals surface area (Å²) in [5.74, 6) is -1.11. The van der Waals surface area contributed by atoms with Crippen LogP contribution < -0.4 is 14.8 Å². The molecule has 10 heteroatoms. The SMILES string of the molecule is COc1ccc(C(=O)N2CCc3c(ccc(C)c3NC(=O)Cc3ccc(C(F)(F)F)c(F)c3)C2)cc1OC. The van der Waals surface area contributed by atoms with Gasteiger partial charge >= 0.3 is 6.18 Å². The van der Waals surface area contributed by atoms with Crippen molar-refractivity contribution < 1.29 is 36.6 Å². The normalized spacial score (nSPS) is 13.1. The Hall–Kier alpha value is -4.08. The first-order valence-corrected chi connectivity index (χ1v) is 11.8. The molecule has 0 saturated heterocycles. The summed E-state index contributed by atoms with van der Waals surface area (Å²) in [5.41, 5.74) is 2.35. The lowest BCUT2D eigenvalue weighted by atomic mass is 9.94. The van der Waals surface area contributed by atoms with E-state index in [1.54, 1.807) is 23.1 Å². The number of nitrogens with zero attached hydrogens (tertiary/aromatic N) is 1. The van der Waals surface area contributed by atoms with Crippen LogP contribution in [0.3, 0.4) is 0 Å². The molecule has 4 rings (SSSR count). The van der Waals surface area contributed by atoms with Gasteiger partial charge in [0.05, 0.1) is 26.2 Å². The minimum atomic E-state index is -4.81. The molecular formula is C28H26F4N2O4. The Morgan fingerprint density at radius 2 is 1.74 bits per heavy atom. The fourth-order valence-electron chi connectivity index (χ4n) is 4.54. The zero-order valence-electron chi connectivity index (χ0n) is 21.0. The van der Waals surface area contributed by atoms with Crippen molar-refractivity contribution in [3.8, 4) is 11.5 Å². The molecule has 0 aliphatic carbocycles. The number of methoxy groups -OCH3 is 2. The molecule has 1 N–H and O–H groups in total. The van der Waals surface area contributed by atoms with Crippen molar-refractivity contribution in [1.29, 1.82) is 0 Å². The topological polar surface area (TPSA) is 67.9 Å². The van der Waals surface area contributed by atoms with Gasteiger partial charge in [0.1, 0.15) is 5.82 Å². The number of halogens is 4. The van der Waals surface area contributed by atoms with E-state index in [1.807, 2.05) is 19.1 Å². The van der Waals surface area contributed by atoms with Gasteiger partial charge in [-0.25, -0.2) is 4.39 Å². The van der Waals surface area contributed by atoms with Gasteiger partial charge in [-0.15, -0.1) is 0 Å². The number of ether oxygens (including phenoxy) is 2. The average Bonchev–Trinajstić information content (AvgIpc) is 2.88. The smallest absolute Gasteiger partial charge is 0.419 e. The van der Waals surface area contributed by atoms with E-state index in [4.69, 9.17) is 9.47 Å². The van der Waals surface area contributed by atoms with Gasteiger partial charge < -0.3 is 19.7 Å². The summed E-state index contributed by atoms with van der Waals surface area (Å²) in [4.78, 5) is 27.6. The Morgan fingerprint density at radius 1 is 1.00 bits per heavy atom. The van der Waals surface area contributed by atoms with E-state index < -0.39 is 23.5 Å². The maximum Gasteiger partial charge on any atom is 0.419 e. The van der Waals surface area contributed by atoms with Crippen LogP contribution in [0, 0.1) is 12.7 Å². The van der Waals surface area contributed by atoms with Crippen LogP contribution in [0.15, 0.2) is 48.5 Å². The number of fused-ring (bicyclic) bond motifs is 1. The molecule has 6 nitrogen and oxygen atoms in total. The van der Waals surface area contributed by atoms with Crippen molar-refractivity contribution >= 4 is 17.5 Å². The van der Waals surface area contributed by atoms with Gasteiger partial charge in [-0.3, -0.25) is 9.59 Å². The third-order valence-electron chi connectivity index (χ3n) is 6.50. The molecule has 3 aromatic rings. The summed E-state index contributed by atoms with van der Waals surface area (Å²) in [5, 5.41) is 2.84. The Labute approximate surface area is 217 Å². The van der Waals surface area contributed by atoms with Gasteiger partial charge in [-0.2, -0.15) is 13.2 Å². The molecular weight excluding hydrogens is 504 g/mol. The number of benzene rings is 3. The Morgan fingerprint density at radius 3 is 2.39 bits per heavy atom. The standard InChI is InChI=1S/C28H26F4N2O4/c1-16-4-6-19-15-34(27(36)18-7-9-23(37-2)24(14-18)38-3)11-10-20(19)26(16)33-25(35)13-17-5-8-21(22(29)12-17)28(30,31)32/h4-9,12,14H,10-11,13,15H2,1-3H3,(H,33,35). The van der Waals surface area contributed by atoms with E-state index in [0.717, 1.165) is 28.8 Å². The van der Waals surface area contributed by atoms with Gasteiger partial charge in [-0.1, -0.05) is 18.2 Å². The fraction of sp³-hybridized carbons (Fsp3) is 0.286. The van der Waals surface area contributed by atoms with E-state index in [-0.39, 0.29) is 17.9 Å². The van der Waals surface area contributed by atoms with E-state index in [9.17, 15) is 27.2 Å². The number of nitrogens with one attached hydrogen (secondary N) is 1. The maximum atomic E-state index is 13.9. The molecule has 0 spiro atoms. The third kappa shape index (κ3) is 5.58. The molecule has 1 aliphatic heterocycles. The highest BCUT2D eigenvalue weighted by atomic mass is 19.4. The molecule has 0 saturated carbocycles. The van der Waals surface area contributed by atoms with Crippen LogP contribution in [-0.2, 0) is 30.4 Å². The molecule has 3 aromatic carbocycles. The lowest BCUT2D eigenvalue weighted by Gasteiger charge is -2.31. The van der Waals surface area contributed by atoms with Crippen LogP contribution in [0.5, 0.6) is 11.5 Å². The highest BCUT2D eigenvalue weighted by Crippen LogP contribution is 2.33. The van der Waals surface area contributed by atoms with E-state index in [2.05, 4.69) is 5.32 Å². The number of carbonyl (C=O) groups excluding carboxylic acids is 2. The van der Waals surface area contributed by atoms with E-state index in [0.29, 0.717) is 48.3 Å². The van der Waals surface area contributed by atoms with Crippen LogP contribution in [0.2, 0.25) is 0 Å². The molecule has 0 aromatic heterocycles. The monoisotopic (exact) mass is 530 g/mol. The van der Waals surface area contributed by atoms with Crippen molar-refractivity contribution in [3.63, 3.8) is 0 Å². The second-order valence-electron chi connectivity index (χ2n) is 8.98. The predicted molar refractivity (Wildman–Crippen MR) is 133 cm³/mol. The first kappa shape index (κ1) is 27.0. The Balaban J connectivity index is 1.49. The largest absolute Gasteiger partial charge is 0.493 e. The number of carbonyl (C=O) groups is 2. The van der Waals surface area contributed by atoms with Crippen molar-refractivity contribution in [2.24, 2.45) is 0 Å². The van der Waals surface area contributed by atoms with Crippen LogP contribution in [0.25, 0.3) is 0 Å². The van der Waals surface area contributed by atoms with Gasteiger partial charge in [-0.05, 0) is 65.9 Å². The number of hydrogen-bond donors (Lipinski definition) is 1. The molecule has 38 heavy (non-hydrogen) atoms. The second-order valence-corrected chi connectivity index (χ2v) is 8.98. The third-order valence-corrected chi connectivity index (χ3v) is 6.50. The number of hydrogen-bond acceptors (Lipinski definition) is 4. The number of anilines is 1. The second kappa shape index (κ2) is 10.7. The van der Waals surface area contributed by atoms with Crippen molar-refractivity contribution in [2.45, 2.75) is 32.5 Å². The molecule has 0 unspecified atom stereocenters. The lowest BCUT2D eigenvalue weighted by molar-refractivity contribution is -0.140. The number of amides is 2. The summed E-state index contributed by atoms with van der Waals surface area (Å²) < 4.78 is 62.9. The molecule has 0 fully saturated rings. The van der Waals surface area contributed by atoms with Gasteiger partial charge in [0, 0.05) is 24.3 Å². The number of rotatable bonds is 6.